The first-order valence-electron chi connectivity index (χ1n) is 5.56. The number of hydrogen-bond donors (Lipinski definition) is 1. The Labute approximate surface area is 105 Å². The number of amides is 1. The van der Waals surface area contributed by atoms with Gasteiger partial charge < -0.3 is 4.90 Å². The van der Waals surface area contributed by atoms with Gasteiger partial charge in [0.25, 0.3) is 5.91 Å². The molecule has 0 unspecified atom stereocenters. The molecule has 0 saturated heterocycles. The van der Waals surface area contributed by atoms with Gasteiger partial charge in [-0.05, 0) is 18.2 Å². The van der Waals surface area contributed by atoms with Crippen molar-refractivity contribution < 1.29 is 4.79 Å². The average molecular weight is 240 g/mol. The summed E-state index contributed by atoms with van der Waals surface area (Å²) in [4.78, 5) is 13.8. The van der Waals surface area contributed by atoms with Crippen molar-refractivity contribution in [1.29, 1.82) is 5.26 Å². The predicted molar refractivity (Wildman–Crippen MR) is 66.9 cm³/mol. The molecule has 0 radical (unpaired) electrons. The number of nitriles is 1. The van der Waals surface area contributed by atoms with E-state index >= 15 is 0 Å². The molecule has 0 saturated carbocycles. The number of aromatic amines is 1. The Morgan fingerprint density at radius 3 is 2.72 bits per heavy atom. The van der Waals surface area contributed by atoms with Crippen molar-refractivity contribution in [2.24, 2.45) is 0 Å². The molecule has 1 N–H and O–H groups in total. The molecular weight excluding hydrogens is 228 g/mol. The minimum atomic E-state index is -0.186. The minimum absolute atomic E-state index is 0.186. The second-order valence-electron chi connectivity index (χ2n) is 3.67. The van der Waals surface area contributed by atoms with Gasteiger partial charge in [0.1, 0.15) is 5.69 Å². The number of H-pyrrole nitrogens is 1. The highest BCUT2D eigenvalue weighted by atomic mass is 16.2. The largest absolute Gasteiger partial charge is 0.306 e. The van der Waals surface area contributed by atoms with E-state index in [0.717, 1.165) is 5.69 Å². The molecule has 90 valence electrons. The summed E-state index contributed by atoms with van der Waals surface area (Å²) in [7, 11) is 0. The molecule has 0 aliphatic carbocycles. The number of benzene rings is 1. The van der Waals surface area contributed by atoms with Gasteiger partial charge in [-0.2, -0.15) is 10.4 Å². The molecule has 1 aromatic heterocycles. The van der Waals surface area contributed by atoms with Crippen LogP contribution in [-0.2, 0) is 0 Å². The fraction of sp³-hybridized carbons (Fsp3) is 0.154. The highest BCUT2D eigenvalue weighted by Crippen LogP contribution is 2.16. The van der Waals surface area contributed by atoms with Crippen molar-refractivity contribution in [1.82, 2.24) is 10.2 Å². The van der Waals surface area contributed by atoms with Gasteiger partial charge in [-0.3, -0.25) is 9.89 Å². The summed E-state index contributed by atoms with van der Waals surface area (Å²) in [5, 5.41) is 15.1. The van der Waals surface area contributed by atoms with Crippen LogP contribution < -0.4 is 4.90 Å². The van der Waals surface area contributed by atoms with Crippen molar-refractivity contribution in [3.05, 3.63) is 48.3 Å². The Kier molecular flexibility index (Phi) is 3.72. The van der Waals surface area contributed by atoms with E-state index in [0.29, 0.717) is 12.2 Å². The third kappa shape index (κ3) is 2.55. The van der Waals surface area contributed by atoms with Crippen LogP contribution in [0.4, 0.5) is 5.69 Å². The summed E-state index contributed by atoms with van der Waals surface area (Å²) in [6.45, 7) is 0.359. The van der Waals surface area contributed by atoms with Gasteiger partial charge in [0, 0.05) is 18.4 Å². The monoisotopic (exact) mass is 240 g/mol. The first kappa shape index (κ1) is 11.9. The highest BCUT2D eigenvalue weighted by molar-refractivity contribution is 6.04. The molecule has 0 bridgehead atoms. The Morgan fingerprint density at radius 1 is 1.33 bits per heavy atom. The molecule has 2 rings (SSSR count). The Morgan fingerprint density at radius 2 is 2.11 bits per heavy atom. The van der Waals surface area contributed by atoms with Gasteiger partial charge >= 0.3 is 0 Å². The maximum Gasteiger partial charge on any atom is 0.276 e. The molecule has 2 aromatic rings. The van der Waals surface area contributed by atoms with E-state index in [-0.39, 0.29) is 12.3 Å². The van der Waals surface area contributed by atoms with E-state index in [1.165, 1.54) is 6.20 Å². The van der Waals surface area contributed by atoms with Crippen LogP contribution in [0.25, 0.3) is 0 Å². The average Bonchev–Trinajstić information content (AvgIpc) is 2.94. The van der Waals surface area contributed by atoms with Crippen LogP contribution in [0, 0.1) is 11.3 Å². The zero-order chi connectivity index (χ0) is 12.8. The summed E-state index contributed by atoms with van der Waals surface area (Å²) < 4.78 is 0. The number of hydrogen-bond acceptors (Lipinski definition) is 3. The lowest BCUT2D eigenvalue weighted by Gasteiger charge is -2.20. The molecule has 0 atom stereocenters. The number of anilines is 1. The van der Waals surface area contributed by atoms with Crippen LogP contribution in [0.1, 0.15) is 16.9 Å². The molecule has 0 aliphatic rings. The number of aromatic nitrogens is 2. The smallest absolute Gasteiger partial charge is 0.276 e. The Hall–Kier alpha value is -2.61. The first-order chi connectivity index (χ1) is 8.83. The lowest BCUT2D eigenvalue weighted by molar-refractivity contribution is 0.0982. The van der Waals surface area contributed by atoms with Crippen molar-refractivity contribution >= 4 is 11.6 Å². The van der Waals surface area contributed by atoms with Crippen LogP contribution in [0.2, 0.25) is 0 Å². The fourth-order valence-corrected chi connectivity index (χ4v) is 1.64. The van der Waals surface area contributed by atoms with E-state index in [4.69, 9.17) is 5.26 Å². The first-order valence-corrected chi connectivity index (χ1v) is 5.56. The van der Waals surface area contributed by atoms with Crippen molar-refractivity contribution in [3.63, 3.8) is 0 Å². The second kappa shape index (κ2) is 5.64. The SMILES string of the molecule is N#CCCN(C(=O)c1ccn[nH]1)c1ccccc1. The summed E-state index contributed by atoms with van der Waals surface area (Å²) in [5.74, 6) is -0.186. The van der Waals surface area contributed by atoms with E-state index < -0.39 is 0 Å². The summed E-state index contributed by atoms with van der Waals surface area (Å²) >= 11 is 0. The van der Waals surface area contributed by atoms with E-state index in [9.17, 15) is 4.79 Å². The van der Waals surface area contributed by atoms with Gasteiger partial charge in [-0.25, -0.2) is 0 Å². The minimum Gasteiger partial charge on any atom is -0.306 e. The van der Waals surface area contributed by atoms with Gasteiger partial charge in [0.05, 0.1) is 12.5 Å². The molecule has 5 heteroatoms. The van der Waals surface area contributed by atoms with Crippen molar-refractivity contribution in [3.8, 4) is 6.07 Å². The molecule has 1 heterocycles. The molecule has 18 heavy (non-hydrogen) atoms. The van der Waals surface area contributed by atoms with Crippen LogP contribution >= 0.6 is 0 Å². The quantitative estimate of drug-likeness (QED) is 0.887. The maximum absolute atomic E-state index is 12.3. The molecular formula is C13H12N4O. The molecule has 1 amide bonds. The number of nitrogens with one attached hydrogen (secondary N) is 1. The van der Waals surface area contributed by atoms with Crippen molar-refractivity contribution in [2.75, 3.05) is 11.4 Å². The van der Waals surface area contributed by atoms with E-state index in [1.807, 2.05) is 36.4 Å². The zero-order valence-electron chi connectivity index (χ0n) is 9.71. The topological polar surface area (TPSA) is 72.8 Å². The Balaban J connectivity index is 2.26. The van der Waals surface area contributed by atoms with Crippen LogP contribution in [0.5, 0.6) is 0 Å². The van der Waals surface area contributed by atoms with Gasteiger partial charge in [0.2, 0.25) is 0 Å². The van der Waals surface area contributed by atoms with Crippen molar-refractivity contribution in [2.45, 2.75) is 6.42 Å². The summed E-state index contributed by atoms with van der Waals surface area (Å²) in [6.07, 6.45) is 1.81. The van der Waals surface area contributed by atoms with Gasteiger partial charge in [-0.1, -0.05) is 18.2 Å². The Bertz CT molecular complexity index is 542. The molecule has 1 aromatic carbocycles. The molecule has 0 spiro atoms. The summed E-state index contributed by atoms with van der Waals surface area (Å²) in [6, 6.07) is 12.9. The maximum atomic E-state index is 12.3. The number of nitrogens with zero attached hydrogens (tertiary/aromatic N) is 3. The van der Waals surface area contributed by atoms with E-state index in [2.05, 4.69) is 10.2 Å². The zero-order valence-corrected chi connectivity index (χ0v) is 9.71. The van der Waals surface area contributed by atoms with Crippen LogP contribution in [-0.4, -0.2) is 22.6 Å². The van der Waals surface area contributed by atoms with Crippen LogP contribution in [0.15, 0.2) is 42.6 Å². The molecule has 0 fully saturated rings. The fourth-order valence-electron chi connectivity index (χ4n) is 1.64. The lowest BCUT2D eigenvalue weighted by atomic mass is 10.2. The third-order valence-electron chi connectivity index (χ3n) is 2.49. The standard InChI is InChI=1S/C13H12N4O/c14-8-4-10-17(11-5-2-1-3-6-11)13(18)12-7-9-15-16-12/h1-3,5-7,9H,4,10H2,(H,15,16). The van der Waals surface area contributed by atoms with Gasteiger partial charge in [-0.15, -0.1) is 0 Å². The van der Waals surface area contributed by atoms with E-state index in [1.54, 1.807) is 11.0 Å². The van der Waals surface area contributed by atoms with Gasteiger partial charge in [0.15, 0.2) is 0 Å². The number of carbonyl (C=O) groups is 1. The number of carbonyl (C=O) groups excluding carboxylic acids is 1. The second-order valence-corrected chi connectivity index (χ2v) is 3.67. The number of para-hydroxylation sites is 1. The summed E-state index contributed by atoms with van der Waals surface area (Å²) in [5.41, 5.74) is 1.18. The third-order valence-corrected chi connectivity index (χ3v) is 2.49. The molecule has 5 nitrogen and oxygen atoms in total. The number of rotatable bonds is 4. The lowest BCUT2D eigenvalue weighted by Crippen LogP contribution is -2.32. The normalized spacial score (nSPS) is 9.72. The predicted octanol–water partition coefficient (Wildman–Crippen LogP) is 1.97. The molecule has 0 aliphatic heterocycles. The van der Waals surface area contributed by atoms with Crippen LogP contribution in [0.3, 0.4) is 0 Å². The highest BCUT2D eigenvalue weighted by Gasteiger charge is 2.18.